The van der Waals surface area contributed by atoms with Crippen molar-refractivity contribution in [2.24, 2.45) is 0 Å². The minimum Gasteiger partial charge on any atom is -0.482 e. The second-order valence-corrected chi connectivity index (χ2v) is 8.17. The molecule has 0 atom stereocenters. The standard InChI is InChI=1S/C27H24ClN3O3/c1-17-6-4-8-22(12-17)30-27(33)21(15-29)13-20-10-11-25(23(28)14-20)34-16-26(32)31-24-9-5-7-18(2)19(24)3/h4-14H,16H2,1-3H3,(H,30,33)(H,31,32)/b21-13+. The lowest BCUT2D eigenvalue weighted by molar-refractivity contribution is -0.118. The molecule has 3 aromatic rings. The van der Waals surface area contributed by atoms with E-state index in [4.69, 9.17) is 16.3 Å². The number of carbonyl (C=O) groups excluding carboxylic acids is 2. The van der Waals surface area contributed by atoms with Gasteiger partial charge in [-0.15, -0.1) is 0 Å². The van der Waals surface area contributed by atoms with E-state index in [9.17, 15) is 14.9 Å². The first-order valence-electron chi connectivity index (χ1n) is 10.5. The molecule has 0 radical (unpaired) electrons. The van der Waals surface area contributed by atoms with Crippen LogP contribution in [0.25, 0.3) is 6.08 Å². The third-order valence-corrected chi connectivity index (χ3v) is 5.44. The van der Waals surface area contributed by atoms with Crippen LogP contribution in [0.3, 0.4) is 0 Å². The number of nitriles is 1. The summed E-state index contributed by atoms with van der Waals surface area (Å²) in [6, 6.07) is 19.7. The Morgan fingerprint density at radius 2 is 1.79 bits per heavy atom. The van der Waals surface area contributed by atoms with Crippen LogP contribution in [0.1, 0.15) is 22.3 Å². The first-order valence-corrected chi connectivity index (χ1v) is 10.9. The van der Waals surface area contributed by atoms with E-state index < -0.39 is 5.91 Å². The van der Waals surface area contributed by atoms with E-state index in [0.717, 1.165) is 22.4 Å². The van der Waals surface area contributed by atoms with E-state index in [1.54, 1.807) is 24.3 Å². The Morgan fingerprint density at radius 3 is 2.50 bits per heavy atom. The molecular formula is C27H24ClN3O3. The average Bonchev–Trinajstić information content (AvgIpc) is 2.80. The van der Waals surface area contributed by atoms with Gasteiger partial charge in [-0.3, -0.25) is 9.59 Å². The molecule has 0 aliphatic rings. The van der Waals surface area contributed by atoms with Crippen LogP contribution in [0.2, 0.25) is 5.02 Å². The summed E-state index contributed by atoms with van der Waals surface area (Å²) in [5, 5.41) is 15.2. The van der Waals surface area contributed by atoms with Crippen LogP contribution in [0, 0.1) is 32.1 Å². The van der Waals surface area contributed by atoms with Crippen LogP contribution in [0.5, 0.6) is 5.75 Å². The highest BCUT2D eigenvalue weighted by atomic mass is 35.5. The summed E-state index contributed by atoms with van der Waals surface area (Å²) in [7, 11) is 0. The smallest absolute Gasteiger partial charge is 0.266 e. The molecular weight excluding hydrogens is 450 g/mol. The molecule has 0 aromatic heterocycles. The van der Waals surface area contributed by atoms with Gasteiger partial charge in [-0.05, 0) is 79.4 Å². The van der Waals surface area contributed by atoms with Crippen LogP contribution >= 0.6 is 11.6 Å². The van der Waals surface area contributed by atoms with Crippen LogP contribution in [0.4, 0.5) is 11.4 Å². The van der Waals surface area contributed by atoms with Gasteiger partial charge in [-0.25, -0.2) is 0 Å². The van der Waals surface area contributed by atoms with Gasteiger partial charge in [0.05, 0.1) is 5.02 Å². The Kier molecular flexibility index (Phi) is 8.07. The zero-order valence-corrected chi connectivity index (χ0v) is 19.9. The van der Waals surface area contributed by atoms with Gasteiger partial charge in [0.25, 0.3) is 11.8 Å². The van der Waals surface area contributed by atoms with Crippen molar-refractivity contribution in [3.8, 4) is 11.8 Å². The summed E-state index contributed by atoms with van der Waals surface area (Å²) < 4.78 is 5.56. The zero-order valence-electron chi connectivity index (χ0n) is 19.1. The van der Waals surface area contributed by atoms with E-state index in [1.807, 2.05) is 63.2 Å². The number of ether oxygens (including phenoxy) is 1. The zero-order chi connectivity index (χ0) is 24.7. The van der Waals surface area contributed by atoms with Crippen molar-refractivity contribution in [3.05, 3.63) is 93.5 Å². The van der Waals surface area contributed by atoms with Crippen molar-refractivity contribution in [2.75, 3.05) is 17.2 Å². The molecule has 2 N–H and O–H groups in total. The lowest BCUT2D eigenvalue weighted by Gasteiger charge is -2.12. The van der Waals surface area contributed by atoms with Crippen LogP contribution < -0.4 is 15.4 Å². The van der Waals surface area contributed by atoms with Gasteiger partial charge >= 0.3 is 0 Å². The quantitative estimate of drug-likeness (QED) is 0.333. The van der Waals surface area contributed by atoms with Crippen LogP contribution in [-0.4, -0.2) is 18.4 Å². The Hall–Kier alpha value is -4.08. The second kappa shape index (κ2) is 11.2. The number of anilines is 2. The fourth-order valence-corrected chi connectivity index (χ4v) is 3.42. The number of hydrogen-bond acceptors (Lipinski definition) is 4. The highest BCUT2D eigenvalue weighted by Gasteiger charge is 2.12. The Balaban J connectivity index is 1.64. The van der Waals surface area contributed by atoms with Crippen molar-refractivity contribution in [1.82, 2.24) is 0 Å². The highest BCUT2D eigenvalue weighted by molar-refractivity contribution is 6.32. The molecule has 172 valence electrons. The van der Waals surface area contributed by atoms with Crippen molar-refractivity contribution in [1.29, 1.82) is 5.26 Å². The number of nitrogens with one attached hydrogen (secondary N) is 2. The highest BCUT2D eigenvalue weighted by Crippen LogP contribution is 2.27. The molecule has 2 amide bonds. The molecule has 0 spiro atoms. The van der Waals surface area contributed by atoms with Crippen LogP contribution in [0.15, 0.2) is 66.2 Å². The molecule has 6 nitrogen and oxygen atoms in total. The SMILES string of the molecule is Cc1cccc(NC(=O)/C(C#N)=C/c2ccc(OCC(=O)Nc3cccc(C)c3C)c(Cl)c2)c1. The molecule has 3 rings (SSSR count). The first-order chi connectivity index (χ1) is 16.3. The molecule has 0 saturated carbocycles. The lowest BCUT2D eigenvalue weighted by atomic mass is 10.1. The number of benzene rings is 3. The number of aryl methyl sites for hydroxylation is 2. The molecule has 0 heterocycles. The summed E-state index contributed by atoms with van der Waals surface area (Å²) in [6.07, 6.45) is 1.44. The molecule has 34 heavy (non-hydrogen) atoms. The maximum absolute atomic E-state index is 12.5. The molecule has 0 bridgehead atoms. The monoisotopic (exact) mass is 473 g/mol. The van der Waals surface area contributed by atoms with E-state index in [1.165, 1.54) is 6.08 Å². The number of hydrogen-bond donors (Lipinski definition) is 2. The average molecular weight is 474 g/mol. The fourth-order valence-electron chi connectivity index (χ4n) is 3.18. The second-order valence-electron chi connectivity index (χ2n) is 7.77. The van der Waals surface area contributed by atoms with E-state index in [2.05, 4.69) is 10.6 Å². The minimum absolute atomic E-state index is 0.0702. The number of amides is 2. The van der Waals surface area contributed by atoms with Crippen molar-refractivity contribution in [2.45, 2.75) is 20.8 Å². The Bertz CT molecular complexity index is 1310. The molecule has 0 aliphatic heterocycles. The van der Waals surface area contributed by atoms with Gasteiger partial charge in [0, 0.05) is 11.4 Å². The maximum Gasteiger partial charge on any atom is 0.266 e. The van der Waals surface area contributed by atoms with Crippen molar-refractivity contribution >= 4 is 40.9 Å². The van der Waals surface area contributed by atoms with Crippen LogP contribution in [-0.2, 0) is 9.59 Å². The number of nitrogens with zero attached hydrogens (tertiary/aromatic N) is 1. The normalized spacial score (nSPS) is 10.9. The predicted octanol–water partition coefficient (Wildman–Crippen LogP) is 5.83. The molecule has 3 aromatic carbocycles. The van der Waals surface area contributed by atoms with E-state index >= 15 is 0 Å². The van der Waals surface area contributed by atoms with E-state index in [-0.39, 0.29) is 23.1 Å². The minimum atomic E-state index is -0.521. The summed E-state index contributed by atoms with van der Waals surface area (Å²) in [5.41, 5.74) is 4.87. The summed E-state index contributed by atoms with van der Waals surface area (Å²) >= 11 is 6.30. The van der Waals surface area contributed by atoms with Gasteiger partial charge in [-0.2, -0.15) is 5.26 Å². The fraction of sp³-hybridized carbons (Fsp3) is 0.148. The molecule has 0 fully saturated rings. The van der Waals surface area contributed by atoms with Gasteiger partial charge in [-0.1, -0.05) is 41.9 Å². The largest absolute Gasteiger partial charge is 0.482 e. The van der Waals surface area contributed by atoms with Crippen molar-refractivity contribution in [3.63, 3.8) is 0 Å². The predicted molar refractivity (Wildman–Crippen MR) is 135 cm³/mol. The molecule has 7 heteroatoms. The van der Waals surface area contributed by atoms with Gasteiger partial charge in [0.1, 0.15) is 17.4 Å². The number of halogens is 1. The van der Waals surface area contributed by atoms with Gasteiger partial charge in [0.2, 0.25) is 0 Å². The number of carbonyl (C=O) groups is 2. The summed E-state index contributed by atoms with van der Waals surface area (Å²) in [4.78, 5) is 24.8. The third kappa shape index (κ3) is 6.47. The Morgan fingerprint density at radius 1 is 1.03 bits per heavy atom. The maximum atomic E-state index is 12.5. The van der Waals surface area contributed by atoms with Gasteiger partial charge < -0.3 is 15.4 Å². The topological polar surface area (TPSA) is 91.2 Å². The van der Waals surface area contributed by atoms with E-state index in [0.29, 0.717) is 17.0 Å². The first kappa shape index (κ1) is 24.6. The van der Waals surface area contributed by atoms with Crippen molar-refractivity contribution < 1.29 is 14.3 Å². The summed E-state index contributed by atoms with van der Waals surface area (Å²) in [5.74, 6) is -0.515. The molecule has 0 unspecified atom stereocenters. The Labute approximate surface area is 203 Å². The summed E-state index contributed by atoms with van der Waals surface area (Å²) in [6.45, 7) is 5.60. The molecule has 0 saturated heterocycles. The molecule has 0 aliphatic carbocycles. The number of rotatable bonds is 7. The lowest BCUT2D eigenvalue weighted by Crippen LogP contribution is -2.20. The van der Waals surface area contributed by atoms with Gasteiger partial charge in [0.15, 0.2) is 6.61 Å². The third-order valence-electron chi connectivity index (χ3n) is 5.15.